The number of halogens is 7. The van der Waals surface area contributed by atoms with Gasteiger partial charge in [-0.2, -0.15) is 36.0 Å². The predicted molar refractivity (Wildman–Crippen MR) is 511 cm³/mol. The van der Waals surface area contributed by atoms with E-state index in [-0.39, 0.29) is 23.1 Å². The number of benzene rings is 5. The first-order valence-corrected chi connectivity index (χ1v) is 46.1. The molecular formula is C96H104Cl4F3N27O. The smallest absolute Gasteiger partial charge is 0.202 e. The molecule has 0 spiro atoms. The summed E-state index contributed by atoms with van der Waals surface area (Å²) in [5, 5.41) is 66.0. The van der Waals surface area contributed by atoms with Crippen LogP contribution in [-0.2, 0) is 0 Å². The highest BCUT2D eigenvalue weighted by Gasteiger charge is 2.37. The Balaban J connectivity index is 0.000000120. The van der Waals surface area contributed by atoms with E-state index in [9.17, 15) is 28.8 Å². The predicted octanol–water partition coefficient (Wildman–Crippen LogP) is 21.5. The monoisotopic (exact) mass is 1850 g/mol. The van der Waals surface area contributed by atoms with Gasteiger partial charge >= 0.3 is 0 Å². The molecule has 10 aromatic heterocycles. The Labute approximate surface area is 777 Å². The fourth-order valence-electron chi connectivity index (χ4n) is 17.4. The maximum Gasteiger partial charge on any atom is 0.202 e. The number of aliphatic hydroxyl groups excluding tert-OH is 1. The van der Waals surface area contributed by atoms with E-state index in [2.05, 4.69) is 190 Å². The van der Waals surface area contributed by atoms with Gasteiger partial charge in [-0.25, -0.2) is 63.0 Å². The Bertz CT molecular complexity index is 6670. The molecule has 0 atom stereocenters. The number of aliphatic hydroxyl groups is 1. The molecule has 0 radical (unpaired) electrons. The van der Waals surface area contributed by atoms with Crippen molar-refractivity contribution in [3.63, 3.8) is 0 Å². The second kappa shape index (κ2) is 39.0. The summed E-state index contributed by atoms with van der Waals surface area (Å²) in [6.07, 6.45) is 24.4. The number of aromatic nitrogens is 20. The van der Waals surface area contributed by atoms with Crippen LogP contribution < -0.4 is 24.5 Å². The Kier molecular flexibility index (Phi) is 27.4. The van der Waals surface area contributed by atoms with E-state index in [0.717, 1.165) is 188 Å². The highest BCUT2D eigenvalue weighted by molar-refractivity contribution is 6.35. The van der Waals surface area contributed by atoms with Crippen LogP contribution in [0.3, 0.4) is 0 Å². The topological polar surface area (TPSA) is 356 Å². The van der Waals surface area contributed by atoms with Crippen LogP contribution in [0.5, 0.6) is 0 Å². The number of hydrogen-bond acceptors (Lipinski definition) is 23. The SMILES string of the molecule is CC1(C)CCN(c2cnc3c(-c4cccc(F)c4F)[nH]nc3n2)CC1.CCC1(C)CCN(c2cnc3c(-c4c(F)cccc4Cl)[nH]nc3n2)CC1.CCC1(C)CCN(c2cnc3c(-c4cccc(C#N)c4Cl)[nH]nc3n2)CC1.CCC1(C)CCN(c2cnc3c(-c4cccc(Cl)c4C#N)[nH]nc3n2)CC1.CCC1(CO)CCN(c2cnc3c(-c4ccccc4Cl)[nH]nc3n2)CC1. The zero-order valence-corrected chi connectivity index (χ0v) is 77.8. The average molecular weight is 1850 g/mol. The number of fused-ring (bicyclic) bond motifs is 5. The number of nitrogens with zero attached hydrogens (tertiary/aromatic N) is 22. The molecule has 0 bridgehead atoms. The molecule has 6 N–H and O–H groups in total. The van der Waals surface area contributed by atoms with E-state index in [4.69, 9.17) is 56.4 Å². The van der Waals surface area contributed by atoms with Crippen molar-refractivity contribution in [2.45, 2.75) is 152 Å². The summed E-state index contributed by atoms with van der Waals surface area (Å²) in [6.45, 7) is 30.2. The molecule has 35 heteroatoms. The molecule has 678 valence electrons. The van der Waals surface area contributed by atoms with Crippen molar-refractivity contribution in [2.75, 3.05) is 96.6 Å². The van der Waals surface area contributed by atoms with Gasteiger partial charge in [0.25, 0.3) is 0 Å². The van der Waals surface area contributed by atoms with Gasteiger partial charge in [0.1, 0.15) is 74.6 Å². The normalized spacial score (nSPS) is 16.8. The minimum atomic E-state index is -0.919. The lowest BCUT2D eigenvalue weighted by atomic mass is 9.77. The molecule has 5 fully saturated rings. The lowest BCUT2D eigenvalue weighted by molar-refractivity contribution is 0.0920. The summed E-state index contributed by atoms with van der Waals surface area (Å²) in [7, 11) is 0. The molecule has 5 saturated heterocycles. The van der Waals surface area contributed by atoms with E-state index in [1.165, 1.54) is 37.5 Å². The number of nitriles is 2. The van der Waals surface area contributed by atoms with Crippen LogP contribution in [0.1, 0.15) is 163 Å². The number of aromatic amines is 5. The summed E-state index contributed by atoms with van der Waals surface area (Å²) in [5.74, 6) is 1.88. The van der Waals surface area contributed by atoms with E-state index in [0.29, 0.717) is 137 Å². The van der Waals surface area contributed by atoms with Crippen molar-refractivity contribution in [1.82, 2.24) is 101 Å². The van der Waals surface area contributed by atoms with Crippen LogP contribution in [0, 0.1) is 67.2 Å². The Morgan fingerprint density at radius 3 is 1.10 bits per heavy atom. The largest absolute Gasteiger partial charge is 0.396 e. The van der Waals surface area contributed by atoms with Gasteiger partial charge in [0, 0.05) is 94.3 Å². The molecule has 15 aromatic rings. The Morgan fingerprint density at radius 1 is 0.366 bits per heavy atom. The minimum absolute atomic E-state index is 0.0532. The van der Waals surface area contributed by atoms with Crippen molar-refractivity contribution < 1.29 is 18.3 Å². The van der Waals surface area contributed by atoms with E-state index in [1.54, 1.807) is 61.3 Å². The van der Waals surface area contributed by atoms with Gasteiger partial charge in [0.15, 0.2) is 11.6 Å². The molecule has 5 aliphatic heterocycles. The van der Waals surface area contributed by atoms with E-state index in [1.807, 2.05) is 42.5 Å². The molecule has 28 nitrogen and oxygen atoms in total. The van der Waals surface area contributed by atoms with Gasteiger partial charge in [-0.3, -0.25) is 25.5 Å². The lowest BCUT2D eigenvalue weighted by Crippen LogP contribution is -2.42. The van der Waals surface area contributed by atoms with Gasteiger partial charge in [-0.05, 0) is 140 Å². The molecule has 0 saturated carbocycles. The number of hydrogen-bond donors (Lipinski definition) is 6. The number of piperidine rings is 5. The van der Waals surface area contributed by atoms with Crippen molar-refractivity contribution >= 4 is 131 Å². The first-order valence-electron chi connectivity index (χ1n) is 44.6. The van der Waals surface area contributed by atoms with Gasteiger partial charge in [0.2, 0.25) is 28.2 Å². The average Bonchev–Trinajstić information content (AvgIpc) is 1.66. The fourth-order valence-corrected chi connectivity index (χ4v) is 18.4. The third-order valence-corrected chi connectivity index (χ3v) is 29.1. The molecule has 0 unspecified atom stereocenters. The molecule has 5 aliphatic rings. The molecule has 20 rings (SSSR count). The second-order valence-corrected chi connectivity index (χ2v) is 37.9. The van der Waals surface area contributed by atoms with Crippen LogP contribution in [0.4, 0.5) is 42.3 Å². The minimum Gasteiger partial charge on any atom is -0.396 e. The molecule has 0 amide bonds. The van der Waals surface area contributed by atoms with E-state index < -0.39 is 17.5 Å². The Morgan fingerprint density at radius 2 is 0.695 bits per heavy atom. The zero-order valence-electron chi connectivity index (χ0n) is 74.7. The number of nitrogens with one attached hydrogen (secondary N) is 5. The molecular weight excluding hydrogens is 1750 g/mol. The zero-order chi connectivity index (χ0) is 92.1. The fraction of sp³-hybridized carbons (Fsp3) is 0.406. The molecule has 0 aliphatic carbocycles. The summed E-state index contributed by atoms with van der Waals surface area (Å²) in [4.78, 5) is 57.2. The van der Waals surface area contributed by atoms with Crippen LogP contribution in [0.25, 0.3) is 112 Å². The summed E-state index contributed by atoms with van der Waals surface area (Å²) < 4.78 is 41.8. The lowest BCUT2D eigenvalue weighted by Gasteiger charge is -2.40. The standard InChI is InChI=1S/2C20H21ClN6.C19H21ClFN5.C19H22ClN5O.C18H19F2N5/c1-3-20(2)7-9-27(10-8-20)16-12-23-18-17(25-26-19(18)24-16)13-5-4-6-15(21)14(13)11-22;1-3-20(2)7-9-27(10-8-20)15-12-23-18-17(25-26-19(18)24-15)14-6-4-5-13(11-22)16(14)21;1-3-19(2)7-9-26(10-8-19)14-11-22-17-16(24-25-18(17)23-14)15-12(20)5-4-6-13(15)21;1-2-19(12-26)7-9-25(10-8-19)15-11-21-17-16(23-24-18(17)22-15)13-5-3-4-6-14(13)20;1-18(2)6-8-25(9-7-18)13-10-21-16-15(23-24-17(16)22-13)11-4-3-5-12(19)14(11)20/h2*4-6,12H,3,7-10H2,1-2H3,(H,24,25,26);4-6,11H,3,7-10H2,1-2H3,(H,23,24,25);3-6,11,26H,2,7-10,12H2,1H3,(H,22,23,24);3-5,10H,6-9H2,1-2H3,(H,22,23,24). The maximum absolute atomic E-state index is 14.2. The van der Waals surface area contributed by atoms with Gasteiger partial charge in [-0.1, -0.05) is 183 Å². The van der Waals surface area contributed by atoms with E-state index >= 15 is 0 Å². The van der Waals surface area contributed by atoms with Gasteiger partial charge in [-0.15, -0.1) is 0 Å². The third kappa shape index (κ3) is 19.6. The first-order chi connectivity index (χ1) is 63.2. The Hall–Kier alpha value is -12.3. The third-order valence-electron chi connectivity index (χ3n) is 27.7. The summed E-state index contributed by atoms with van der Waals surface area (Å²) >= 11 is 25.0. The van der Waals surface area contributed by atoms with Crippen molar-refractivity contribution in [1.29, 1.82) is 10.5 Å². The molecule has 15 heterocycles. The number of H-pyrrole nitrogens is 5. The van der Waals surface area contributed by atoms with Crippen molar-refractivity contribution in [3.8, 4) is 68.4 Å². The summed E-state index contributed by atoms with van der Waals surface area (Å²) in [6, 6.07) is 31.2. The van der Waals surface area contributed by atoms with Gasteiger partial charge in [0.05, 0.1) is 96.2 Å². The van der Waals surface area contributed by atoms with Crippen LogP contribution >= 0.6 is 46.4 Å². The molecule has 5 aromatic carbocycles. The quantitative estimate of drug-likeness (QED) is 0.0555. The second-order valence-electron chi connectivity index (χ2n) is 36.3. The first kappa shape index (κ1) is 92.0. The summed E-state index contributed by atoms with van der Waals surface area (Å²) in [5.41, 5.74) is 13.6. The van der Waals surface area contributed by atoms with Crippen LogP contribution in [0.15, 0.2) is 128 Å². The highest BCUT2D eigenvalue weighted by Crippen LogP contribution is 2.44. The highest BCUT2D eigenvalue weighted by atomic mass is 35.5. The van der Waals surface area contributed by atoms with Crippen molar-refractivity contribution in [2.24, 2.45) is 27.1 Å². The maximum atomic E-state index is 14.2. The van der Waals surface area contributed by atoms with Crippen LogP contribution in [-0.4, -0.2) is 178 Å². The van der Waals surface area contributed by atoms with Crippen LogP contribution in [0.2, 0.25) is 20.1 Å². The number of rotatable bonds is 15. The van der Waals surface area contributed by atoms with Crippen molar-refractivity contribution in [3.05, 3.63) is 177 Å². The van der Waals surface area contributed by atoms with Gasteiger partial charge < -0.3 is 29.6 Å². The number of anilines is 5. The molecule has 131 heavy (non-hydrogen) atoms.